The topological polar surface area (TPSA) is 9.23 Å². The summed E-state index contributed by atoms with van der Waals surface area (Å²) in [5, 5.41) is 0. The highest BCUT2D eigenvalue weighted by Gasteiger charge is 2.42. The first-order chi connectivity index (χ1) is 3.79. The van der Waals surface area contributed by atoms with Gasteiger partial charge in [-0.3, -0.25) is 0 Å². The molecule has 1 unspecified atom stereocenters. The second-order valence-corrected chi connectivity index (χ2v) is 3.17. The molecule has 1 radical (unpaired) electrons. The predicted molar refractivity (Wildman–Crippen MR) is 31.5 cm³/mol. The summed E-state index contributed by atoms with van der Waals surface area (Å²) in [5.41, 5.74) is 0.273. The highest BCUT2D eigenvalue weighted by Crippen LogP contribution is 2.44. The van der Waals surface area contributed by atoms with E-state index in [4.69, 9.17) is 4.74 Å². The van der Waals surface area contributed by atoms with Crippen LogP contribution in [0.4, 0.5) is 0 Å². The molecule has 1 saturated carbocycles. The lowest BCUT2D eigenvalue weighted by atomic mass is 10.1. The normalized spacial score (nSPS) is 46.1. The Kier molecular flexibility index (Phi) is 0.762. The van der Waals surface area contributed by atoms with Crippen molar-refractivity contribution in [3.05, 3.63) is 5.92 Å². The van der Waals surface area contributed by atoms with Crippen LogP contribution in [0, 0.1) is 5.92 Å². The Labute approximate surface area is 50.0 Å². The van der Waals surface area contributed by atoms with Crippen molar-refractivity contribution in [1.29, 1.82) is 0 Å². The Morgan fingerprint density at radius 1 is 1.62 bits per heavy atom. The van der Waals surface area contributed by atoms with E-state index in [9.17, 15) is 0 Å². The van der Waals surface area contributed by atoms with E-state index in [1.807, 2.05) is 0 Å². The van der Waals surface area contributed by atoms with Crippen molar-refractivity contribution in [3.63, 3.8) is 0 Å². The Morgan fingerprint density at radius 2 is 2.50 bits per heavy atom. The molecule has 1 atom stereocenters. The van der Waals surface area contributed by atoms with Crippen LogP contribution in [0.1, 0.15) is 26.2 Å². The average molecular weight is 111 g/mol. The highest BCUT2D eigenvalue weighted by molar-refractivity contribution is 5.10. The first-order valence-corrected chi connectivity index (χ1v) is 3.26. The molecule has 45 valence electrons. The van der Waals surface area contributed by atoms with E-state index in [1.165, 1.54) is 19.3 Å². The largest absolute Gasteiger partial charge is 0.375 e. The lowest BCUT2D eigenvalue weighted by Crippen LogP contribution is -2.20. The molecule has 8 heavy (non-hydrogen) atoms. The Morgan fingerprint density at radius 3 is 2.62 bits per heavy atom. The van der Waals surface area contributed by atoms with Crippen molar-refractivity contribution in [3.8, 4) is 0 Å². The standard InChI is InChI=1S/C7H11O/c1-7-3-2-6(4-7)5-8-7/h2-5H2,1H3. The fourth-order valence-corrected chi connectivity index (χ4v) is 1.67. The molecule has 2 aliphatic rings. The molecule has 0 aromatic heterocycles. The molecule has 0 N–H and O–H groups in total. The van der Waals surface area contributed by atoms with Gasteiger partial charge in [0.15, 0.2) is 0 Å². The summed E-state index contributed by atoms with van der Waals surface area (Å²) < 4.78 is 5.50. The molecule has 1 aliphatic heterocycles. The van der Waals surface area contributed by atoms with Crippen LogP contribution in [0.15, 0.2) is 0 Å². The predicted octanol–water partition coefficient (Wildman–Crippen LogP) is 1.53. The summed E-state index contributed by atoms with van der Waals surface area (Å²) in [6.45, 7) is 3.17. The van der Waals surface area contributed by atoms with Crippen molar-refractivity contribution in [1.82, 2.24) is 0 Å². The smallest absolute Gasteiger partial charge is 0.0661 e. The number of fused-ring (bicyclic) bond motifs is 2. The third kappa shape index (κ3) is 0.510. The lowest BCUT2D eigenvalue weighted by Gasteiger charge is -2.20. The van der Waals surface area contributed by atoms with Gasteiger partial charge in [0.05, 0.1) is 12.2 Å². The summed E-state index contributed by atoms with van der Waals surface area (Å²) in [4.78, 5) is 0. The van der Waals surface area contributed by atoms with Gasteiger partial charge in [-0.05, 0) is 26.2 Å². The van der Waals surface area contributed by atoms with E-state index in [0.29, 0.717) is 0 Å². The van der Waals surface area contributed by atoms with Crippen molar-refractivity contribution in [2.45, 2.75) is 31.8 Å². The third-order valence-electron chi connectivity index (χ3n) is 2.26. The molecule has 0 amide bonds. The zero-order valence-corrected chi connectivity index (χ0v) is 5.24. The first kappa shape index (κ1) is 4.80. The van der Waals surface area contributed by atoms with Gasteiger partial charge < -0.3 is 4.74 Å². The second-order valence-electron chi connectivity index (χ2n) is 3.17. The summed E-state index contributed by atoms with van der Waals surface area (Å²) in [5.74, 6) is 1.63. The number of hydrogen-bond acceptors (Lipinski definition) is 1. The zero-order chi connectivity index (χ0) is 5.61. The number of hydrogen-bond donors (Lipinski definition) is 0. The van der Waals surface area contributed by atoms with Gasteiger partial charge in [-0.15, -0.1) is 0 Å². The highest BCUT2D eigenvalue weighted by atomic mass is 16.5. The van der Waals surface area contributed by atoms with E-state index in [0.717, 1.165) is 6.61 Å². The Balaban J connectivity index is 2.19. The number of rotatable bonds is 0. The molecular formula is C7H11O. The fourth-order valence-electron chi connectivity index (χ4n) is 1.67. The SMILES string of the molecule is CC12CC[C](CO1)C2. The van der Waals surface area contributed by atoms with Gasteiger partial charge in [0, 0.05) is 5.92 Å². The van der Waals surface area contributed by atoms with Gasteiger partial charge in [-0.1, -0.05) is 0 Å². The molecule has 1 nitrogen and oxygen atoms in total. The van der Waals surface area contributed by atoms with Crippen molar-refractivity contribution < 1.29 is 4.74 Å². The van der Waals surface area contributed by atoms with Crippen molar-refractivity contribution in [2.24, 2.45) is 0 Å². The van der Waals surface area contributed by atoms with Gasteiger partial charge in [0.25, 0.3) is 0 Å². The van der Waals surface area contributed by atoms with Crippen LogP contribution in [0.3, 0.4) is 0 Å². The molecule has 2 bridgehead atoms. The van der Waals surface area contributed by atoms with Crippen LogP contribution in [-0.4, -0.2) is 12.2 Å². The summed E-state index contributed by atoms with van der Waals surface area (Å²) in [7, 11) is 0. The van der Waals surface area contributed by atoms with E-state index >= 15 is 0 Å². The Hall–Kier alpha value is -0.0400. The molecule has 1 heteroatoms. The fraction of sp³-hybridized carbons (Fsp3) is 0.857. The lowest BCUT2D eigenvalue weighted by molar-refractivity contribution is 0.00679. The van der Waals surface area contributed by atoms with Crippen molar-refractivity contribution in [2.75, 3.05) is 6.61 Å². The monoisotopic (exact) mass is 111 g/mol. The second kappa shape index (κ2) is 1.27. The van der Waals surface area contributed by atoms with Gasteiger partial charge in [-0.25, -0.2) is 0 Å². The van der Waals surface area contributed by atoms with Gasteiger partial charge in [0.1, 0.15) is 0 Å². The molecule has 1 saturated heterocycles. The Bertz CT molecular complexity index is 101. The molecule has 2 fully saturated rings. The minimum atomic E-state index is 0.273. The number of ether oxygens (including phenoxy) is 1. The van der Waals surface area contributed by atoms with Crippen LogP contribution in [0.5, 0.6) is 0 Å². The van der Waals surface area contributed by atoms with Crippen LogP contribution in [-0.2, 0) is 4.74 Å². The quantitative estimate of drug-likeness (QED) is 0.460. The molecular weight excluding hydrogens is 100 g/mol. The maximum Gasteiger partial charge on any atom is 0.0661 e. The van der Waals surface area contributed by atoms with Gasteiger partial charge >= 0.3 is 0 Å². The molecule has 0 spiro atoms. The van der Waals surface area contributed by atoms with E-state index < -0.39 is 0 Å². The summed E-state index contributed by atoms with van der Waals surface area (Å²) in [6.07, 6.45) is 3.84. The van der Waals surface area contributed by atoms with Crippen LogP contribution in [0.25, 0.3) is 0 Å². The molecule has 1 aliphatic carbocycles. The van der Waals surface area contributed by atoms with Crippen LogP contribution < -0.4 is 0 Å². The van der Waals surface area contributed by atoms with E-state index in [1.54, 1.807) is 5.92 Å². The van der Waals surface area contributed by atoms with Crippen LogP contribution in [0.2, 0.25) is 0 Å². The average Bonchev–Trinajstić information content (AvgIpc) is 2.21. The molecule has 2 rings (SSSR count). The van der Waals surface area contributed by atoms with E-state index in [-0.39, 0.29) is 5.60 Å². The van der Waals surface area contributed by atoms with E-state index in [2.05, 4.69) is 6.92 Å². The third-order valence-corrected chi connectivity index (χ3v) is 2.26. The van der Waals surface area contributed by atoms with Crippen LogP contribution >= 0.6 is 0 Å². The molecule has 1 heterocycles. The van der Waals surface area contributed by atoms with Gasteiger partial charge in [0.2, 0.25) is 0 Å². The molecule has 0 aromatic carbocycles. The molecule has 0 aromatic rings. The minimum absolute atomic E-state index is 0.273. The maximum absolute atomic E-state index is 5.50. The zero-order valence-electron chi connectivity index (χ0n) is 5.24. The first-order valence-electron chi connectivity index (χ1n) is 3.26. The maximum atomic E-state index is 5.50. The van der Waals surface area contributed by atoms with Gasteiger partial charge in [-0.2, -0.15) is 0 Å². The summed E-state index contributed by atoms with van der Waals surface area (Å²) in [6, 6.07) is 0. The van der Waals surface area contributed by atoms with Crippen molar-refractivity contribution >= 4 is 0 Å². The minimum Gasteiger partial charge on any atom is -0.375 e. The summed E-state index contributed by atoms with van der Waals surface area (Å²) >= 11 is 0.